The fourth-order valence-electron chi connectivity index (χ4n) is 1.49. The molecule has 0 amide bonds. The van der Waals surface area contributed by atoms with Crippen LogP contribution in [0, 0.1) is 0 Å². The third-order valence-corrected chi connectivity index (χ3v) is 2.43. The van der Waals surface area contributed by atoms with Crippen LogP contribution >= 0.6 is 0 Å². The van der Waals surface area contributed by atoms with Crippen molar-refractivity contribution in [1.29, 1.82) is 0 Å². The molecule has 0 unspecified atom stereocenters. The Bertz CT molecular complexity index is 681. The van der Waals surface area contributed by atoms with Crippen LogP contribution in [0.5, 0.6) is 11.6 Å². The number of nitrogens with zero attached hydrogens (tertiary/aromatic N) is 4. The molecule has 2 rings (SSSR count). The van der Waals surface area contributed by atoms with Gasteiger partial charge in [-0.15, -0.1) is 0 Å². The number of halogens is 3. The molecule has 10 heteroatoms. The minimum Gasteiger partial charge on any atom is -0.435 e. The average molecular weight is 301 g/mol. The second-order valence-corrected chi connectivity index (χ2v) is 3.98. The van der Waals surface area contributed by atoms with Gasteiger partial charge in [0.1, 0.15) is 5.69 Å². The number of ether oxygens (including phenoxy) is 1. The maximum Gasteiger partial charge on any atom is 0.433 e. The highest BCUT2D eigenvalue weighted by Crippen LogP contribution is 2.31. The Morgan fingerprint density at radius 3 is 2.67 bits per heavy atom. The van der Waals surface area contributed by atoms with E-state index in [0.29, 0.717) is 6.07 Å². The molecule has 2 aromatic heterocycles. The topological polar surface area (TPSA) is 98.6 Å². The zero-order valence-electron chi connectivity index (χ0n) is 10.7. The normalized spacial score (nSPS) is 12.5. The quantitative estimate of drug-likeness (QED) is 0.389. The lowest BCUT2D eigenvalue weighted by molar-refractivity contribution is -0.141. The van der Waals surface area contributed by atoms with Crippen molar-refractivity contribution in [2.24, 2.45) is 17.9 Å². The lowest BCUT2D eigenvalue weighted by Gasteiger charge is -2.11. The molecule has 0 bridgehead atoms. The minimum absolute atomic E-state index is 0.0747. The van der Waals surface area contributed by atoms with Gasteiger partial charge in [0.15, 0.2) is 11.6 Å². The van der Waals surface area contributed by atoms with Gasteiger partial charge < -0.3 is 15.7 Å². The number of aromatic nitrogens is 3. The van der Waals surface area contributed by atoms with Crippen LogP contribution in [0.4, 0.5) is 13.2 Å². The van der Waals surface area contributed by atoms with E-state index < -0.39 is 23.6 Å². The molecule has 0 saturated carbocycles. The molecule has 0 spiro atoms. The molecule has 0 atom stereocenters. The standard InChI is InChI=1S/C11H10F3N5O2/c1-19-5-6(4-16-19)21-10-7(9(15)18-20)2-3-8(17-10)11(12,13)14/h2-5,20H,1H3,(H2,15,18). The highest BCUT2D eigenvalue weighted by molar-refractivity contribution is 5.99. The zero-order chi connectivity index (χ0) is 15.6. The molecule has 0 fully saturated rings. The summed E-state index contributed by atoms with van der Waals surface area (Å²) >= 11 is 0. The van der Waals surface area contributed by atoms with Crippen LogP contribution in [0.3, 0.4) is 0 Å². The van der Waals surface area contributed by atoms with Crippen LogP contribution in [-0.4, -0.2) is 25.8 Å². The maximum atomic E-state index is 12.7. The number of hydrogen-bond donors (Lipinski definition) is 2. The Labute approximate surface area is 116 Å². The number of aryl methyl sites for hydroxylation is 1. The van der Waals surface area contributed by atoms with Crippen molar-refractivity contribution in [2.75, 3.05) is 0 Å². The number of rotatable bonds is 3. The van der Waals surface area contributed by atoms with Crippen LogP contribution in [0.15, 0.2) is 29.7 Å². The highest BCUT2D eigenvalue weighted by atomic mass is 19.4. The molecule has 0 radical (unpaired) electrons. The average Bonchev–Trinajstić information content (AvgIpc) is 2.82. The van der Waals surface area contributed by atoms with E-state index in [1.54, 1.807) is 7.05 Å². The van der Waals surface area contributed by atoms with Crippen molar-refractivity contribution in [1.82, 2.24) is 14.8 Å². The maximum absolute atomic E-state index is 12.7. The number of amidine groups is 1. The van der Waals surface area contributed by atoms with E-state index in [9.17, 15) is 13.2 Å². The molecule has 2 aromatic rings. The number of nitrogens with two attached hydrogens (primary N) is 1. The Balaban J connectivity index is 2.48. The number of alkyl halides is 3. The summed E-state index contributed by atoms with van der Waals surface area (Å²) in [7, 11) is 1.61. The Kier molecular flexibility index (Phi) is 3.70. The van der Waals surface area contributed by atoms with Crippen LogP contribution in [0.2, 0.25) is 0 Å². The zero-order valence-corrected chi connectivity index (χ0v) is 10.7. The van der Waals surface area contributed by atoms with Crippen molar-refractivity contribution >= 4 is 5.84 Å². The lowest BCUT2D eigenvalue weighted by atomic mass is 10.2. The second kappa shape index (κ2) is 5.31. The van der Waals surface area contributed by atoms with Gasteiger partial charge in [0, 0.05) is 7.05 Å². The van der Waals surface area contributed by atoms with E-state index in [0.717, 1.165) is 6.07 Å². The Morgan fingerprint density at radius 1 is 1.43 bits per heavy atom. The molecule has 0 saturated heterocycles. The summed E-state index contributed by atoms with van der Waals surface area (Å²) in [5.74, 6) is -0.695. The fraction of sp³-hybridized carbons (Fsp3) is 0.182. The van der Waals surface area contributed by atoms with Gasteiger partial charge in [0.2, 0.25) is 5.88 Å². The monoisotopic (exact) mass is 301 g/mol. The SMILES string of the molecule is Cn1cc(Oc2nc(C(F)(F)F)ccc2/C(N)=N/O)cn1. The summed E-state index contributed by atoms with van der Waals surface area (Å²) < 4.78 is 44.7. The van der Waals surface area contributed by atoms with Gasteiger partial charge in [0.05, 0.1) is 18.0 Å². The van der Waals surface area contributed by atoms with Gasteiger partial charge in [-0.1, -0.05) is 5.16 Å². The van der Waals surface area contributed by atoms with Gasteiger partial charge in [0.25, 0.3) is 0 Å². The summed E-state index contributed by atoms with van der Waals surface area (Å²) in [6.45, 7) is 0. The number of hydrogen-bond acceptors (Lipinski definition) is 5. The molecule has 0 aliphatic heterocycles. The van der Waals surface area contributed by atoms with Crippen molar-refractivity contribution in [2.45, 2.75) is 6.18 Å². The van der Waals surface area contributed by atoms with Gasteiger partial charge in [-0.05, 0) is 12.1 Å². The first-order chi connectivity index (χ1) is 9.81. The lowest BCUT2D eigenvalue weighted by Crippen LogP contribution is -2.17. The first-order valence-corrected chi connectivity index (χ1v) is 5.54. The molecule has 0 aromatic carbocycles. The van der Waals surface area contributed by atoms with Crippen molar-refractivity contribution in [3.8, 4) is 11.6 Å². The van der Waals surface area contributed by atoms with E-state index in [1.807, 2.05) is 0 Å². The predicted octanol–water partition coefficient (Wildman–Crippen LogP) is 1.72. The van der Waals surface area contributed by atoms with Gasteiger partial charge in [-0.25, -0.2) is 4.98 Å². The predicted molar refractivity (Wildman–Crippen MR) is 65.0 cm³/mol. The molecule has 2 heterocycles. The molecule has 3 N–H and O–H groups in total. The first kappa shape index (κ1) is 14.6. The van der Waals surface area contributed by atoms with Crippen LogP contribution in [-0.2, 0) is 13.2 Å². The summed E-state index contributed by atoms with van der Waals surface area (Å²) in [5.41, 5.74) is 4.16. The fourth-order valence-corrected chi connectivity index (χ4v) is 1.49. The summed E-state index contributed by atoms with van der Waals surface area (Å²) in [5, 5.41) is 15.2. The van der Waals surface area contributed by atoms with E-state index in [-0.39, 0.29) is 11.3 Å². The number of oxime groups is 1. The van der Waals surface area contributed by atoms with E-state index >= 15 is 0 Å². The van der Waals surface area contributed by atoms with E-state index in [2.05, 4.69) is 15.2 Å². The van der Waals surface area contributed by atoms with Gasteiger partial charge in [-0.2, -0.15) is 18.3 Å². The van der Waals surface area contributed by atoms with Gasteiger partial charge >= 0.3 is 6.18 Å². The van der Waals surface area contributed by atoms with Crippen molar-refractivity contribution in [3.63, 3.8) is 0 Å². The summed E-state index contributed by atoms with van der Waals surface area (Å²) in [6, 6.07) is 1.72. The largest absolute Gasteiger partial charge is 0.435 e. The Morgan fingerprint density at radius 2 is 2.14 bits per heavy atom. The van der Waals surface area contributed by atoms with E-state index in [1.165, 1.54) is 17.1 Å². The first-order valence-electron chi connectivity index (χ1n) is 5.54. The van der Waals surface area contributed by atoms with Crippen molar-refractivity contribution < 1.29 is 23.1 Å². The highest BCUT2D eigenvalue weighted by Gasteiger charge is 2.33. The third-order valence-electron chi connectivity index (χ3n) is 2.43. The number of pyridine rings is 1. The molecule has 112 valence electrons. The second-order valence-electron chi connectivity index (χ2n) is 3.98. The minimum atomic E-state index is -4.64. The smallest absolute Gasteiger partial charge is 0.433 e. The molecule has 0 aliphatic rings. The molecule has 21 heavy (non-hydrogen) atoms. The van der Waals surface area contributed by atoms with Crippen molar-refractivity contribution in [3.05, 3.63) is 35.8 Å². The summed E-state index contributed by atoms with van der Waals surface area (Å²) in [4.78, 5) is 3.36. The van der Waals surface area contributed by atoms with Crippen LogP contribution < -0.4 is 10.5 Å². The van der Waals surface area contributed by atoms with Crippen LogP contribution in [0.25, 0.3) is 0 Å². The Hall–Kier alpha value is -2.78. The molecular weight excluding hydrogens is 291 g/mol. The van der Waals surface area contributed by atoms with Crippen LogP contribution in [0.1, 0.15) is 11.3 Å². The molecule has 7 nitrogen and oxygen atoms in total. The molecule has 0 aliphatic carbocycles. The third kappa shape index (κ3) is 3.22. The van der Waals surface area contributed by atoms with E-state index in [4.69, 9.17) is 15.7 Å². The summed E-state index contributed by atoms with van der Waals surface area (Å²) in [6.07, 6.45) is -1.92. The van der Waals surface area contributed by atoms with Gasteiger partial charge in [-0.3, -0.25) is 4.68 Å². The molecular formula is C11H10F3N5O2.